The molecule has 0 radical (unpaired) electrons. The van der Waals surface area contributed by atoms with Crippen LogP contribution < -0.4 is 24.8 Å². The number of nitriles is 1. The predicted octanol–water partition coefficient (Wildman–Crippen LogP) is 8.76. The van der Waals surface area contributed by atoms with Crippen LogP contribution in [-0.2, 0) is 24.4 Å². The van der Waals surface area contributed by atoms with E-state index in [1.807, 2.05) is 18.2 Å². The second-order valence-corrected chi connectivity index (χ2v) is 16.7. The van der Waals surface area contributed by atoms with Gasteiger partial charge >= 0.3 is 0 Å². The van der Waals surface area contributed by atoms with E-state index in [9.17, 15) is 15.2 Å². The highest BCUT2D eigenvalue weighted by Gasteiger charge is 2.33. The lowest BCUT2D eigenvalue weighted by Gasteiger charge is -2.44. The molecule has 3 N–H and O–H groups in total. The standard InChI is InChI=1S/C47H52ClN5O5/c1-30-37(8-6-11-42(30)56-19-7-17-53-18-16-36(54)25-47(53,2)3)38-9-5-10-40-39(38)13-14-43(40)58-45-24-44(57-29-32-20-31(26-49)21-35(22-32)50-4)33(23-41(45)48)27-51-34-12-15-46(55)52-28-34/h5-6,8-11,20-24,34,36,43,51,54H,7,12-19,25,27-29H2,1-3H3,(H,52,55)/t34-,36?,43-/m0/s1. The number of benzene rings is 4. The number of nitrogens with one attached hydrogen (secondary N) is 2. The number of amides is 1. The van der Waals surface area contributed by atoms with Gasteiger partial charge in [-0.25, -0.2) is 4.85 Å². The van der Waals surface area contributed by atoms with E-state index in [-0.39, 0.29) is 36.3 Å². The highest BCUT2D eigenvalue weighted by molar-refractivity contribution is 6.32. The fraction of sp³-hybridized carbons (Fsp3) is 0.426. The molecule has 2 aliphatic heterocycles. The van der Waals surface area contributed by atoms with E-state index in [0.29, 0.717) is 59.5 Å². The van der Waals surface area contributed by atoms with Crippen LogP contribution in [0.3, 0.4) is 0 Å². The molecule has 3 aliphatic rings. The Kier molecular flexibility index (Phi) is 12.9. The number of hydrogen-bond donors (Lipinski definition) is 3. The van der Waals surface area contributed by atoms with Crippen LogP contribution in [0, 0.1) is 24.8 Å². The van der Waals surface area contributed by atoms with Gasteiger partial charge in [0, 0.05) is 61.4 Å². The first kappa shape index (κ1) is 41.1. The second kappa shape index (κ2) is 18.2. The molecule has 10 nitrogen and oxygen atoms in total. The van der Waals surface area contributed by atoms with Crippen molar-refractivity contribution in [3.63, 3.8) is 0 Å². The zero-order valence-electron chi connectivity index (χ0n) is 33.6. The second-order valence-electron chi connectivity index (χ2n) is 16.3. The Morgan fingerprint density at radius 2 is 1.86 bits per heavy atom. The van der Waals surface area contributed by atoms with Crippen molar-refractivity contribution < 1.29 is 24.1 Å². The molecular formula is C47H52ClN5O5. The first-order valence-electron chi connectivity index (χ1n) is 20.3. The topological polar surface area (TPSA) is 120 Å². The third kappa shape index (κ3) is 9.60. The van der Waals surface area contributed by atoms with Gasteiger partial charge in [-0.1, -0.05) is 41.9 Å². The van der Waals surface area contributed by atoms with Gasteiger partial charge in [0.05, 0.1) is 30.4 Å². The SMILES string of the molecule is [C-]#[N+]c1cc(C#N)cc(COc2cc(O[C@H]3CCc4c(-c5cccc(OCCCN6CCC(O)CC6(C)C)c5C)cccc43)c(Cl)cc2CN[C@H]2CCC(=O)NC2)c1. The number of carbonyl (C=O) groups is 1. The van der Waals surface area contributed by atoms with Gasteiger partial charge in [0.2, 0.25) is 5.91 Å². The lowest BCUT2D eigenvalue weighted by molar-refractivity contribution is -0.122. The Hall–Kier alpha value is -5.10. The van der Waals surface area contributed by atoms with Crippen LogP contribution >= 0.6 is 11.6 Å². The molecule has 1 amide bonds. The molecule has 4 aromatic rings. The first-order chi connectivity index (χ1) is 28.0. The average Bonchev–Trinajstić information content (AvgIpc) is 3.63. The van der Waals surface area contributed by atoms with Crippen LogP contribution in [0.2, 0.25) is 5.02 Å². The minimum atomic E-state index is -0.219. The summed E-state index contributed by atoms with van der Waals surface area (Å²) >= 11 is 6.96. The van der Waals surface area contributed by atoms with Gasteiger partial charge in [0.25, 0.3) is 0 Å². The highest BCUT2D eigenvalue weighted by Crippen LogP contribution is 2.44. The number of piperidine rings is 2. The molecule has 2 saturated heterocycles. The Morgan fingerprint density at radius 1 is 1.03 bits per heavy atom. The summed E-state index contributed by atoms with van der Waals surface area (Å²) in [7, 11) is 0. The molecule has 4 aromatic carbocycles. The Morgan fingerprint density at radius 3 is 2.64 bits per heavy atom. The Balaban J connectivity index is 1.07. The number of fused-ring (bicyclic) bond motifs is 1. The van der Waals surface area contributed by atoms with Crippen LogP contribution in [0.1, 0.15) is 91.9 Å². The molecule has 1 aliphatic carbocycles. The Labute approximate surface area is 346 Å². The van der Waals surface area contributed by atoms with Crippen molar-refractivity contribution in [1.82, 2.24) is 15.5 Å². The van der Waals surface area contributed by atoms with Crippen LogP contribution in [0.15, 0.2) is 66.7 Å². The fourth-order valence-electron chi connectivity index (χ4n) is 8.62. The van der Waals surface area contributed by atoms with Crippen molar-refractivity contribution in [1.29, 1.82) is 5.26 Å². The molecule has 0 bridgehead atoms. The minimum Gasteiger partial charge on any atom is -0.493 e. The zero-order valence-corrected chi connectivity index (χ0v) is 34.3. The van der Waals surface area contributed by atoms with Crippen LogP contribution in [0.5, 0.6) is 17.2 Å². The quantitative estimate of drug-likeness (QED) is 0.0856. The molecule has 0 aromatic heterocycles. The summed E-state index contributed by atoms with van der Waals surface area (Å²) in [4.78, 5) is 17.7. The van der Waals surface area contributed by atoms with Gasteiger partial charge in [0.1, 0.15) is 30.0 Å². The summed E-state index contributed by atoms with van der Waals surface area (Å²) in [5, 5.41) is 26.6. The van der Waals surface area contributed by atoms with Crippen LogP contribution in [-0.4, -0.2) is 59.8 Å². The smallest absolute Gasteiger partial charge is 0.220 e. The Bertz CT molecular complexity index is 2190. The van der Waals surface area contributed by atoms with E-state index >= 15 is 0 Å². The maximum atomic E-state index is 11.7. The highest BCUT2D eigenvalue weighted by atomic mass is 35.5. The minimum absolute atomic E-state index is 0.0149. The summed E-state index contributed by atoms with van der Waals surface area (Å²) in [6.45, 7) is 17.6. The third-order valence-corrected chi connectivity index (χ3v) is 12.1. The maximum Gasteiger partial charge on any atom is 0.220 e. The van der Waals surface area contributed by atoms with Crippen molar-refractivity contribution in [2.45, 2.75) is 103 Å². The number of aliphatic hydroxyl groups is 1. The maximum absolute atomic E-state index is 11.7. The van der Waals surface area contributed by atoms with Gasteiger partial charge in [-0.15, -0.1) is 0 Å². The molecule has 0 spiro atoms. The third-order valence-electron chi connectivity index (χ3n) is 11.8. The fourth-order valence-corrected chi connectivity index (χ4v) is 8.85. The number of likely N-dealkylation sites (tertiary alicyclic amines) is 1. The number of rotatable bonds is 14. The first-order valence-corrected chi connectivity index (χ1v) is 20.7. The van der Waals surface area contributed by atoms with Gasteiger partial charge in [0.15, 0.2) is 5.69 Å². The lowest BCUT2D eigenvalue weighted by Crippen LogP contribution is -2.51. The molecule has 1 unspecified atom stereocenters. The summed E-state index contributed by atoms with van der Waals surface area (Å²) < 4.78 is 19.5. The zero-order chi connectivity index (χ0) is 40.8. The summed E-state index contributed by atoms with van der Waals surface area (Å²) in [6, 6.07) is 23.7. The normalized spacial score (nSPS) is 20.1. The summed E-state index contributed by atoms with van der Waals surface area (Å²) in [5.74, 6) is 2.04. The van der Waals surface area contributed by atoms with Crippen molar-refractivity contribution in [3.05, 3.63) is 117 Å². The number of hydrogen-bond acceptors (Lipinski definition) is 8. The molecular weight excluding hydrogens is 750 g/mol. The monoisotopic (exact) mass is 801 g/mol. The summed E-state index contributed by atoms with van der Waals surface area (Å²) in [5.41, 5.74) is 8.11. The van der Waals surface area contributed by atoms with Crippen molar-refractivity contribution in [2.24, 2.45) is 0 Å². The van der Waals surface area contributed by atoms with Crippen molar-refractivity contribution in [2.75, 3.05) is 26.2 Å². The molecule has 2 fully saturated rings. The number of halogens is 1. The molecule has 3 atom stereocenters. The van der Waals surface area contributed by atoms with Crippen LogP contribution in [0.4, 0.5) is 5.69 Å². The average molecular weight is 802 g/mol. The number of aliphatic hydroxyl groups excluding tert-OH is 1. The van der Waals surface area contributed by atoms with Gasteiger partial charge in [-0.2, -0.15) is 5.26 Å². The molecule has 7 rings (SSSR count). The largest absolute Gasteiger partial charge is 0.493 e. The molecule has 302 valence electrons. The predicted molar refractivity (Wildman–Crippen MR) is 225 cm³/mol. The lowest BCUT2D eigenvalue weighted by atomic mass is 9.88. The van der Waals surface area contributed by atoms with Gasteiger partial charge in [-0.3, -0.25) is 9.69 Å². The molecule has 11 heteroatoms. The van der Waals surface area contributed by atoms with E-state index in [2.05, 4.69) is 77.6 Å². The number of nitrogens with zero attached hydrogens (tertiary/aromatic N) is 3. The van der Waals surface area contributed by atoms with E-state index in [1.165, 1.54) is 11.1 Å². The molecule has 0 saturated carbocycles. The van der Waals surface area contributed by atoms with Gasteiger partial charge < -0.3 is 30.0 Å². The van der Waals surface area contributed by atoms with E-state index < -0.39 is 0 Å². The summed E-state index contributed by atoms with van der Waals surface area (Å²) in [6.07, 6.45) is 4.94. The van der Waals surface area contributed by atoms with E-state index in [0.717, 1.165) is 79.6 Å². The van der Waals surface area contributed by atoms with E-state index in [4.69, 9.17) is 32.4 Å². The molecule has 58 heavy (non-hydrogen) atoms. The van der Waals surface area contributed by atoms with Gasteiger partial charge in [-0.05, 0) is 123 Å². The number of carbonyl (C=O) groups excluding carboxylic acids is 1. The molecule has 2 heterocycles. The number of ether oxygens (including phenoxy) is 3. The van der Waals surface area contributed by atoms with E-state index in [1.54, 1.807) is 18.2 Å². The van der Waals surface area contributed by atoms with Crippen molar-refractivity contribution in [3.8, 4) is 34.4 Å². The van der Waals surface area contributed by atoms with Crippen LogP contribution in [0.25, 0.3) is 16.0 Å². The van der Waals surface area contributed by atoms with Crippen molar-refractivity contribution >= 4 is 23.2 Å².